The minimum absolute atomic E-state index is 0.152. The van der Waals surface area contributed by atoms with Crippen LogP contribution in [0.1, 0.15) is 348 Å². The third kappa shape index (κ3) is 61.5. The number of carboxylic acid groups (broad SMARTS) is 1. The first-order chi connectivity index (χ1) is 37.6. The highest BCUT2D eigenvalue weighted by atomic mass is 16.7. The zero-order valence-electron chi connectivity index (χ0n) is 52.1. The van der Waals surface area contributed by atoms with Crippen LogP contribution in [0.15, 0.2) is 12.2 Å². The Labute approximate surface area is 478 Å². The minimum Gasteiger partial charge on any atom is -0.545 e. The second kappa shape index (κ2) is 60.1. The zero-order valence-corrected chi connectivity index (χ0v) is 52.1. The fraction of sp³-hybridized carbons (Fsp3) is 0.926. The van der Waals surface area contributed by atoms with Crippen molar-refractivity contribution < 1.29 is 42.9 Å². The van der Waals surface area contributed by atoms with Gasteiger partial charge in [0.1, 0.15) is 13.2 Å². The van der Waals surface area contributed by atoms with Gasteiger partial charge in [0.05, 0.1) is 40.3 Å². The Morgan fingerprint density at radius 3 is 0.961 bits per heavy atom. The van der Waals surface area contributed by atoms with Gasteiger partial charge in [0.25, 0.3) is 0 Å². The molecule has 77 heavy (non-hydrogen) atoms. The Hall–Kier alpha value is -1.97. The standard InChI is InChI=1S/C68H131NO8/c1-6-8-10-12-14-16-18-20-22-24-26-28-30-32-33-35-36-38-40-42-44-46-48-50-52-54-56-58-65(70)75-62-64(63-76-68(67(72)73)74-61-60-69(3,4)5)77-66(71)59-57-55-53-51-49-47-45-43-41-39-37-34-31-29-27-25-23-21-19-17-15-13-11-9-7-2/h25,27,64,68H,6-24,26,28-63H2,1-5H3/b27-25-. The van der Waals surface area contributed by atoms with E-state index in [9.17, 15) is 19.5 Å². The molecule has 0 bridgehead atoms. The molecule has 0 radical (unpaired) electrons. The molecular formula is C68H131NO8. The number of carbonyl (C=O) groups is 3. The molecule has 0 heterocycles. The maximum atomic E-state index is 12.9. The van der Waals surface area contributed by atoms with Crippen LogP contribution in [0.5, 0.6) is 0 Å². The van der Waals surface area contributed by atoms with E-state index in [0.29, 0.717) is 17.4 Å². The summed E-state index contributed by atoms with van der Waals surface area (Å²) < 4.78 is 22.8. The molecule has 2 unspecified atom stereocenters. The quantitative estimate of drug-likeness (QED) is 0.0195. The van der Waals surface area contributed by atoms with Gasteiger partial charge in [0.15, 0.2) is 12.4 Å². The van der Waals surface area contributed by atoms with Crippen LogP contribution in [0, 0.1) is 0 Å². The summed E-state index contributed by atoms with van der Waals surface area (Å²) in [5, 5.41) is 11.8. The Morgan fingerprint density at radius 2 is 0.662 bits per heavy atom. The molecule has 0 saturated carbocycles. The smallest absolute Gasteiger partial charge is 0.306 e. The van der Waals surface area contributed by atoms with Crippen LogP contribution in [-0.2, 0) is 33.3 Å². The van der Waals surface area contributed by atoms with Gasteiger partial charge in [-0.2, -0.15) is 0 Å². The molecule has 0 aliphatic carbocycles. The van der Waals surface area contributed by atoms with Crippen molar-refractivity contribution in [3.05, 3.63) is 12.2 Å². The minimum atomic E-state index is -1.62. The Bertz CT molecular complexity index is 1270. The molecule has 0 N–H and O–H groups in total. The first kappa shape index (κ1) is 75.0. The molecule has 0 aromatic carbocycles. The van der Waals surface area contributed by atoms with Crippen molar-refractivity contribution in [3.8, 4) is 0 Å². The summed E-state index contributed by atoms with van der Waals surface area (Å²) in [6, 6.07) is 0. The summed E-state index contributed by atoms with van der Waals surface area (Å²) in [5.74, 6) is -2.25. The van der Waals surface area contributed by atoms with Gasteiger partial charge in [-0.15, -0.1) is 0 Å². The number of nitrogens with zero attached hydrogens (tertiary/aromatic N) is 1. The summed E-state index contributed by atoms with van der Waals surface area (Å²) in [7, 11) is 5.94. The fourth-order valence-electron chi connectivity index (χ4n) is 10.3. The third-order valence-corrected chi connectivity index (χ3v) is 15.5. The fourth-order valence-corrected chi connectivity index (χ4v) is 10.3. The van der Waals surface area contributed by atoms with Crippen molar-refractivity contribution in [3.63, 3.8) is 0 Å². The summed E-state index contributed by atoms with van der Waals surface area (Å²) in [4.78, 5) is 37.4. The number of aliphatic carboxylic acids is 1. The van der Waals surface area contributed by atoms with Gasteiger partial charge in [0.2, 0.25) is 0 Å². The zero-order chi connectivity index (χ0) is 56.2. The summed E-state index contributed by atoms with van der Waals surface area (Å²) in [6.07, 6.45) is 68.6. The third-order valence-electron chi connectivity index (χ3n) is 15.5. The second-order valence-corrected chi connectivity index (χ2v) is 24.5. The van der Waals surface area contributed by atoms with Gasteiger partial charge in [-0.1, -0.05) is 309 Å². The van der Waals surface area contributed by atoms with E-state index < -0.39 is 24.3 Å². The predicted molar refractivity (Wildman–Crippen MR) is 325 cm³/mol. The highest BCUT2D eigenvalue weighted by molar-refractivity contribution is 5.70. The van der Waals surface area contributed by atoms with Crippen LogP contribution in [0.25, 0.3) is 0 Å². The summed E-state index contributed by atoms with van der Waals surface area (Å²) in [5.41, 5.74) is 0. The highest BCUT2D eigenvalue weighted by Crippen LogP contribution is 2.19. The van der Waals surface area contributed by atoms with Gasteiger partial charge < -0.3 is 33.3 Å². The number of unbranched alkanes of at least 4 members (excludes halogenated alkanes) is 47. The molecule has 456 valence electrons. The molecule has 0 amide bonds. The number of esters is 2. The van der Waals surface area contributed by atoms with Gasteiger partial charge in [-0.3, -0.25) is 9.59 Å². The van der Waals surface area contributed by atoms with Crippen LogP contribution >= 0.6 is 0 Å². The average molecular weight is 1090 g/mol. The van der Waals surface area contributed by atoms with E-state index in [-0.39, 0.29) is 32.2 Å². The van der Waals surface area contributed by atoms with Crippen LogP contribution in [0.4, 0.5) is 0 Å². The lowest BCUT2D eigenvalue weighted by atomic mass is 10.0. The summed E-state index contributed by atoms with van der Waals surface area (Å²) in [6.45, 7) is 4.83. The molecule has 0 aromatic rings. The normalized spacial score (nSPS) is 12.7. The molecule has 0 rings (SSSR count). The molecular weight excluding hydrogens is 959 g/mol. The number of carbonyl (C=O) groups excluding carboxylic acids is 3. The van der Waals surface area contributed by atoms with Crippen molar-refractivity contribution in [2.24, 2.45) is 0 Å². The van der Waals surface area contributed by atoms with E-state index in [2.05, 4.69) is 26.0 Å². The number of carboxylic acids is 1. The number of hydrogen-bond acceptors (Lipinski definition) is 8. The lowest BCUT2D eigenvalue weighted by Crippen LogP contribution is -2.44. The maximum Gasteiger partial charge on any atom is 0.306 e. The molecule has 0 aliphatic rings. The van der Waals surface area contributed by atoms with E-state index in [0.717, 1.165) is 38.5 Å². The average Bonchev–Trinajstić information content (AvgIpc) is 3.40. The van der Waals surface area contributed by atoms with Crippen molar-refractivity contribution in [2.45, 2.75) is 360 Å². The lowest BCUT2D eigenvalue weighted by molar-refractivity contribution is -0.870. The first-order valence-electron chi connectivity index (χ1n) is 33.8. The molecule has 0 aromatic heterocycles. The van der Waals surface area contributed by atoms with E-state index in [1.807, 2.05) is 21.1 Å². The van der Waals surface area contributed by atoms with E-state index in [1.165, 1.54) is 283 Å². The first-order valence-corrected chi connectivity index (χ1v) is 33.8. The van der Waals surface area contributed by atoms with Crippen molar-refractivity contribution in [2.75, 3.05) is 47.5 Å². The lowest BCUT2D eigenvalue weighted by Gasteiger charge is -2.26. The van der Waals surface area contributed by atoms with Crippen LogP contribution < -0.4 is 5.11 Å². The van der Waals surface area contributed by atoms with Crippen LogP contribution in [0.3, 0.4) is 0 Å². The molecule has 0 saturated heterocycles. The number of rotatable bonds is 64. The molecule has 9 nitrogen and oxygen atoms in total. The summed E-state index contributed by atoms with van der Waals surface area (Å²) >= 11 is 0. The van der Waals surface area contributed by atoms with Crippen molar-refractivity contribution in [1.29, 1.82) is 0 Å². The predicted octanol–water partition coefficient (Wildman–Crippen LogP) is 19.1. The number of allylic oxidation sites excluding steroid dienone is 2. The Balaban J connectivity index is 4.09. The molecule has 9 heteroatoms. The highest BCUT2D eigenvalue weighted by Gasteiger charge is 2.22. The van der Waals surface area contributed by atoms with Crippen LogP contribution in [-0.4, -0.2) is 82.3 Å². The second-order valence-electron chi connectivity index (χ2n) is 24.5. The van der Waals surface area contributed by atoms with Gasteiger partial charge in [0, 0.05) is 12.8 Å². The molecule has 0 aliphatic heterocycles. The van der Waals surface area contributed by atoms with E-state index in [4.69, 9.17) is 18.9 Å². The van der Waals surface area contributed by atoms with Crippen molar-refractivity contribution in [1.82, 2.24) is 0 Å². The number of quaternary nitrogens is 1. The number of likely N-dealkylation sites (N-methyl/N-ethyl adjacent to an activating group) is 1. The molecule has 0 spiro atoms. The van der Waals surface area contributed by atoms with Gasteiger partial charge in [-0.25, -0.2) is 0 Å². The Kier molecular flexibility index (Phi) is 58.6. The van der Waals surface area contributed by atoms with E-state index >= 15 is 0 Å². The van der Waals surface area contributed by atoms with Crippen molar-refractivity contribution >= 4 is 17.9 Å². The number of ether oxygens (including phenoxy) is 4. The number of hydrogen-bond donors (Lipinski definition) is 0. The largest absolute Gasteiger partial charge is 0.545 e. The maximum absolute atomic E-state index is 12.9. The van der Waals surface area contributed by atoms with Gasteiger partial charge >= 0.3 is 11.9 Å². The Morgan fingerprint density at radius 1 is 0.377 bits per heavy atom. The molecule has 0 fully saturated rings. The van der Waals surface area contributed by atoms with E-state index in [1.54, 1.807) is 0 Å². The van der Waals surface area contributed by atoms with Crippen LogP contribution in [0.2, 0.25) is 0 Å². The monoisotopic (exact) mass is 1090 g/mol. The topological polar surface area (TPSA) is 111 Å². The van der Waals surface area contributed by atoms with Gasteiger partial charge in [-0.05, 0) is 38.5 Å². The molecule has 2 atom stereocenters. The SMILES string of the molecule is CCCCCCCCCC/C=C\CCCCCCCCCCCCCCCC(=O)OC(COC(=O)CCCCCCCCCCCCCCCCCCCCCCCCCCCCC)COC(OCC[N+](C)(C)C)C(=O)[O-].